The number of likely N-dealkylation sites (N-methyl/N-ethyl adjacent to an activating group) is 1. The summed E-state index contributed by atoms with van der Waals surface area (Å²) < 4.78 is 0. The highest BCUT2D eigenvalue weighted by atomic mass is 16.4. The van der Waals surface area contributed by atoms with Crippen LogP contribution in [0, 0.1) is 0 Å². The highest BCUT2D eigenvalue weighted by Crippen LogP contribution is 2.37. The van der Waals surface area contributed by atoms with Gasteiger partial charge in [-0.25, -0.2) is 0 Å². The molecule has 0 aromatic heterocycles. The van der Waals surface area contributed by atoms with Crippen molar-refractivity contribution in [2.75, 3.05) is 11.9 Å². The average molecular weight is 205 g/mol. The molecule has 1 aliphatic rings. The summed E-state index contributed by atoms with van der Waals surface area (Å²) in [5, 5.41) is 8.73. The average Bonchev–Trinajstić information content (AvgIpc) is 2.44. The molecule has 1 heterocycles. The first kappa shape index (κ1) is 9.71. The van der Waals surface area contributed by atoms with Gasteiger partial charge >= 0.3 is 5.97 Å². The van der Waals surface area contributed by atoms with Crippen molar-refractivity contribution in [1.29, 1.82) is 0 Å². The predicted octanol–water partition coefficient (Wildman–Crippen LogP) is 1.22. The SMILES string of the molecule is CN1C(=O)C(CC(=O)O)c2ccccc21. The lowest BCUT2D eigenvalue weighted by molar-refractivity contribution is -0.139. The Hall–Kier alpha value is -1.84. The number of carboxylic acids is 1. The van der Waals surface area contributed by atoms with Crippen molar-refractivity contribution in [1.82, 2.24) is 0 Å². The fourth-order valence-electron chi connectivity index (χ4n) is 1.95. The molecule has 0 radical (unpaired) electrons. The summed E-state index contributed by atoms with van der Waals surface area (Å²) in [4.78, 5) is 23.9. The number of carbonyl (C=O) groups is 2. The summed E-state index contributed by atoms with van der Waals surface area (Å²) in [5.41, 5.74) is 1.63. The number of para-hydroxylation sites is 1. The van der Waals surface area contributed by atoms with Crippen LogP contribution in [0.1, 0.15) is 17.9 Å². The van der Waals surface area contributed by atoms with E-state index in [1.807, 2.05) is 24.3 Å². The van der Waals surface area contributed by atoms with E-state index < -0.39 is 11.9 Å². The van der Waals surface area contributed by atoms with E-state index in [0.29, 0.717) is 0 Å². The van der Waals surface area contributed by atoms with E-state index in [-0.39, 0.29) is 12.3 Å². The fourth-order valence-corrected chi connectivity index (χ4v) is 1.95. The number of anilines is 1. The summed E-state index contributed by atoms with van der Waals surface area (Å²) in [5.74, 6) is -1.61. The van der Waals surface area contributed by atoms with Crippen molar-refractivity contribution < 1.29 is 14.7 Å². The smallest absolute Gasteiger partial charge is 0.304 e. The molecule has 0 saturated carbocycles. The van der Waals surface area contributed by atoms with Crippen LogP contribution in [-0.4, -0.2) is 24.0 Å². The van der Waals surface area contributed by atoms with Gasteiger partial charge in [0.1, 0.15) is 0 Å². The monoisotopic (exact) mass is 205 g/mol. The molecule has 78 valence electrons. The number of carboxylic acid groups (broad SMARTS) is 1. The third-order valence-corrected chi connectivity index (χ3v) is 2.68. The number of carbonyl (C=O) groups excluding carboxylic acids is 1. The summed E-state index contributed by atoms with van der Waals surface area (Å²) in [7, 11) is 1.67. The topological polar surface area (TPSA) is 57.6 Å². The summed E-state index contributed by atoms with van der Waals surface area (Å²) in [6.45, 7) is 0. The van der Waals surface area contributed by atoms with Crippen molar-refractivity contribution in [3.05, 3.63) is 29.8 Å². The van der Waals surface area contributed by atoms with Gasteiger partial charge in [0, 0.05) is 12.7 Å². The van der Waals surface area contributed by atoms with Crippen molar-refractivity contribution >= 4 is 17.6 Å². The molecule has 0 bridgehead atoms. The van der Waals surface area contributed by atoms with Crippen LogP contribution in [0.3, 0.4) is 0 Å². The molecule has 0 aliphatic carbocycles. The molecule has 15 heavy (non-hydrogen) atoms. The third-order valence-electron chi connectivity index (χ3n) is 2.68. The van der Waals surface area contributed by atoms with Crippen molar-refractivity contribution in [3.63, 3.8) is 0 Å². The van der Waals surface area contributed by atoms with E-state index in [1.165, 1.54) is 4.90 Å². The molecule has 1 atom stereocenters. The fraction of sp³-hybridized carbons (Fsp3) is 0.273. The molecule has 0 spiro atoms. The number of aliphatic carboxylic acids is 1. The minimum absolute atomic E-state index is 0.139. The van der Waals surface area contributed by atoms with Crippen LogP contribution in [0.5, 0.6) is 0 Å². The highest BCUT2D eigenvalue weighted by molar-refractivity contribution is 6.05. The first-order valence-electron chi connectivity index (χ1n) is 4.69. The Labute approximate surface area is 87.1 Å². The number of hydrogen-bond acceptors (Lipinski definition) is 2. The molecule has 1 aromatic carbocycles. The second-order valence-corrected chi connectivity index (χ2v) is 3.61. The van der Waals surface area contributed by atoms with Crippen LogP contribution >= 0.6 is 0 Å². The summed E-state index contributed by atoms with van der Waals surface area (Å²) >= 11 is 0. The zero-order chi connectivity index (χ0) is 11.0. The lowest BCUT2D eigenvalue weighted by Crippen LogP contribution is -2.25. The number of nitrogens with zero attached hydrogens (tertiary/aromatic N) is 1. The second kappa shape index (κ2) is 3.38. The molecular weight excluding hydrogens is 194 g/mol. The Balaban J connectivity index is 2.42. The van der Waals surface area contributed by atoms with Gasteiger partial charge in [-0.15, -0.1) is 0 Å². The van der Waals surface area contributed by atoms with Gasteiger partial charge in [-0.1, -0.05) is 18.2 Å². The third kappa shape index (κ3) is 1.48. The van der Waals surface area contributed by atoms with E-state index in [1.54, 1.807) is 7.05 Å². The Morgan fingerprint density at radius 1 is 1.47 bits per heavy atom. The normalized spacial score (nSPS) is 19.1. The maximum atomic E-state index is 11.8. The Morgan fingerprint density at radius 3 is 2.80 bits per heavy atom. The largest absolute Gasteiger partial charge is 0.481 e. The lowest BCUT2D eigenvalue weighted by Gasteiger charge is -2.09. The zero-order valence-corrected chi connectivity index (χ0v) is 8.30. The Kier molecular flexibility index (Phi) is 2.19. The summed E-state index contributed by atoms with van der Waals surface area (Å²) in [6, 6.07) is 7.30. The first-order chi connectivity index (χ1) is 7.11. The molecule has 2 rings (SSSR count). The molecule has 4 nitrogen and oxygen atoms in total. The first-order valence-corrected chi connectivity index (χ1v) is 4.69. The van der Waals surface area contributed by atoms with Crippen LogP contribution in [-0.2, 0) is 9.59 Å². The van der Waals surface area contributed by atoms with Crippen LogP contribution in [0.2, 0.25) is 0 Å². The predicted molar refractivity (Wildman–Crippen MR) is 54.8 cm³/mol. The molecule has 0 saturated heterocycles. The zero-order valence-electron chi connectivity index (χ0n) is 8.30. The molecule has 1 unspecified atom stereocenters. The van der Waals surface area contributed by atoms with Crippen molar-refractivity contribution in [2.24, 2.45) is 0 Å². The van der Waals surface area contributed by atoms with Gasteiger partial charge < -0.3 is 10.0 Å². The molecular formula is C11H11NO3. The molecule has 1 amide bonds. The highest BCUT2D eigenvalue weighted by Gasteiger charge is 2.35. The van der Waals surface area contributed by atoms with E-state index in [9.17, 15) is 9.59 Å². The number of fused-ring (bicyclic) bond motifs is 1. The summed E-state index contributed by atoms with van der Waals surface area (Å²) in [6.07, 6.45) is -0.139. The lowest BCUT2D eigenvalue weighted by atomic mass is 9.97. The number of benzene rings is 1. The van der Waals surface area contributed by atoms with Gasteiger partial charge in [-0.3, -0.25) is 9.59 Å². The molecule has 0 fully saturated rings. The van der Waals surface area contributed by atoms with E-state index in [2.05, 4.69) is 0 Å². The molecule has 1 aliphatic heterocycles. The van der Waals surface area contributed by atoms with Gasteiger partial charge in [0.15, 0.2) is 0 Å². The quantitative estimate of drug-likeness (QED) is 0.789. The minimum atomic E-state index is -0.946. The van der Waals surface area contributed by atoms with Crippen molar-refractivity contribution in [3.8, 4) is 0 Å². The van der Waals surface area contributed by atoms with Gasteiger partial charge in [0.2, 0.25) is 5.91 Å². The van der Waals surface area contributed by atoms with Gasteiger partial charge in [0.05, 0.1) is 12.3 Å². The van der Waals surface area contributed by atoms with Crippen LogP contribution in [0.15, 0.2) is 24.3 Å². The van der Waals surface area contributed by atoms with Gasteiger partial charge in [-0.05, 0) is 11.6 Å². The van der Waals surface area contributed by atoms with E-state index >= 15 is 0 Å². The van der Waals surface area contributed by atoms with E-state index in [4.69, 9.17) is 5.11 Å². The molecule has 1 N–H and O–H groups in total. The van der Waals surface area contributed by atoms with Gasteiger partial charge in [-0.2, -0.15) is 0 Å². The Morgan fingerprint density at radius 2 is 2.13 bits per heavy atom. The van der Waals surface area contributed by atoms with Crippen LogP contribution in [0.4, 0.5) is 5.69 Å². The number of rotatable bonds is 2. The standard InChI is InChI=1S/C11H11NO3/c1-12-9-5-3-2-4-7(9)8(11(12)15)6-10(13)14/h2-5,8H,6H2,1H3,(H,13,14). The number of hydrogen-bond donors (Lipinski definition) is 1. The number of amides is 1. The maximum Gasteiger partial charge on any atom is 0.304 e. The van der Waals surface area contributed by atoms with Gasteiger partial charge in [0.25, 0.3) is 0 Å². The molecule has 1 aromatic rings. The van der Waals surface area contributed by atoms with Crippen LogP contribution in [0.25, 0.3) is 0 Å². The van der Waals surface area contributed by atoms with E-state index in [0.717, 1.165) is 11.3 Å². The maximum absolute atomic E-state index is 11.8. The van der Waals surface area contributed by atoms with Crippen LogP contribution < -0.4 is 4.90 Å². The Bertz CT molecular complexity index is 428. The van der Waals surface area contributed by atoms with Crippen molar-refractivity contribution in [2.45, 2.75) is 12.3 Å². The second-order valence-electron chi connectivity index (χ2n) is 3.61. The molecule has 4 heteroatoms. The minimum Gasteiger partial charge on any atom is -0.481 e.